The molecule has 0 bridgehead atoms. The third kappa shape index (κ3) is 2.92. The number of hydrogen-bond acceptors (Lipinski definition) is 5. The third-order valence-corrected chi connectivity index (χ3v) is 6.21. The van der Waals surface area contributed by atoms with Gasteiger partial charge in [0.15, 0.2) is 17.3 Å². The van der Waals surface area contributed by atoms with Crippen LogP contribution < -0.4 is 10.2 Å². The molecule has 1 atom stereocenters. The highest BCUT2D eigenvalue weighted by Crippen LogP contribution is 2.40. The molecule has 2 aliphatic rings. The average Bonchev–Trinajstić information content (AvgIpc) is 3.33. The highest BCUT2D eigenvalue weighted by Gasteiger charge is 2.47. The number of fused-ring (bicyclic) bond motifs is 2. The van der Waals surface area contributed by atoms with E-state index in [2.05, 4.69) is 39.2 Å². The predicted octanol–water partition coefficient (Wildman–Crippen LogP) is 3.72. The van der Waals surface area contributed by atoms with E-state index in [1.807, 2.05) is 25.4 Å². The summed E-state index contributed by atoms with van der Waals surface area (Å²) in [4.78, 5) is 15.9. The molecule has 1 aromatic carbocycles. The summed E-state index contributed by atoms with van der Waals surface area (Å²) in [6.07, 6.45) is 7.97. The fraction of sp³-hybridized carbons (Fsp3) is 0.348. The van der Waals surface area contributed by atoms with Crippen LogP contribution in [0.25, 0.3) is 27.9 Å². The minimum absolute atomic E-state index is 0.307. The van der Waals surface area contributed by atoms with E-state index in [9.17, 15) is 4.39 Å². The zero-order valence-electron chi connectivity index (χ0n) is 17.1. The molecule has 7 heteroatoms. The molecule has 1 aliphatic carbocycles. The lowest BCUT2D eigenvalue weighted by molar-refractivity contribution is 0.372. The van der Waals surface area contributed by atoms with Gasteiger partial charge in [-0.1, -0.05) is 0 Å². The Morgan fingerprint density at radius 2 is 2.03 bits per heavy atom. The first kappa shape index (κ1) is 17.8. The number of halogens is 1. The van der Waals surface area contributed by atoms with Gasteiger partial charge in [0.1, 0.15) is 0 Å². The third-order valence-electron chi connectivity index (χ3n) is 6.21. The molecule has 30 heavy (non-hydrogen) atoms. The number of rotatable bonds is 2. The lowest BCUT2D eigenvalue weighted by atomic mass is 10.1. The second kappa shape index (κ2) is 6.22. The maximum Gasteiger partial charge on any atom is 0.173 e. The van der Waals surface area contributed by atoms with Crippen LogP contribution in [0.4, 0.5) is 10.1 Å². The molecule has 0 amide bonds. The number of hydrogen-bond donors (Lipinski definition) is 1. The molecule has 6 nitrogen and oxygen atoms in total. The molecule has 1 N–H and O–H groups in total. The van der Waals surface area contributed by atoms with Gasteiger partial charge in [-0.15, -0.1) is 0 Å². The normalized spacial score (nSPS) is 20.4. The standard InChI is InChI=1S/C23H23FN6/c1-14-10-29-12-17(8-19(24)22(29)26-14)21-25-9-16-7-18(3-4-20(16)27-21)30-11-15(2)28-23(13-30)5-6-23/h3-4,7-10,12,15,28H,5-6,11,13H2,1-2H3/t15-/m1/s1. The van der Waals surface area contributed by atoms with Crippen LogP contribution in [0.3, 0.4) is 0 Å². The topological polar surface area (TPSA) is 58.4 Å². The van der Waals surface area contributed by atoms with E-state index in [0.717, 1.165) is 29.7 Å². The first-order valence-electron chi connectivity index (χ1n) is 10.4. The van der Waals surface area contributed by atoms with Gasteiger partial charge in [0.25, 0.3) is 0 Å². The van der Waals surface area contributed by atoms with Gasteiger partial charge >= 0.3 is 0 Å². The zero-order chi connectivity index (χ0) is 20.5. The summed E-state index contributed by atoms with van der Waals surface area (Å²) in [5.74, 6) is 0.136. The van der Waals surface area contributed by atoms with Gasteiger partial charge in [0, 0.05) is 59.9 Å². The molecule has 0 radical (unpaired) electrons. The Labute approximate surface area is 173 Å². The van der Waals surface area contributed by atoms with Crippen molar-refractivity contribution in [3.63, 3.8) is 0 Å². The fourth-order valence-corrected chi connectivity index (χ4v) is 4.68. The Morgan fingerprint density at radius 1 is 1.17 bits per heavy atom. The van der Waals surface area contributed by atoms with Crippen molar-refractivity contribution in [2.75, 3.05) is 18.0 Å². The Kier molecular flexibility index (Phi) is 3.68. The van der Waals surface area contributed by atoms with Gasteiger partial charge in [-0.2, -0.15) is 0 Å². The SMILES string of the molecule is Cc1cn2cc(-c3ncc4cc(N5C[C@@H](C)NC6(CC6)C5)ccc4n3)cc(F)c2n1. The van der Waals surface area contributed by atoms with Gasteiger partial charge < -0.3 is 14.6 Å². The zero-order valence-corrected chi connectivity index (χ0v) is 17.1. The Balaban J connectivity index is 1.36. The molecule has 1 spiro atoms. The molecular formula is C23H23FN6. The molecule has 1 saturated heterocycles. The number of nitrogens with one attached hydrogen (secondary N) is 1. The average molecular weight is 402 g/mol. The van der Waals surface area contributed by atoms with Crippen molar-refractivity contribution in [3.05, 3.63) is 54.4 Å². The quantitative estimate of drug-likeness (QED) is 0.554. The maximum absolute atomic E-state index is 14.5. The van der Waals surface area contributed by atoms with Crippen LogP contribution >= 0.6 is 0 Å². The number of aromatic nitrogens is 4. The second-order valence-electron chi connectivity index (χ2n) is 8.83. The van der Waals surface area contributed by atoms with Crippen LogP contribution in [0, 0.1) is 12.7 Å². The van der Waals surface area contributed by atoms with E-state index < -0.39 is 0 Å². The molecule has 3 aromatic heterocycles. The number of pyridine rings is 1. The van der Waals surface area contributed by atoms with Gasteiger partial charge in [0.2, 0.25) is 0 Å². The minimum Gasteiger partial charge on any atom is -0.368 e. The monoisotopic (exact) mass is 402 g/mol. The summed E-state index contributed by atoms with van der Waals surface area (Å²) in [6.45, 7) is 6.14. The number of anilines is 1. The molecule has 152 valence electrons. The fourth-order valence-electron chi connectivity index (χ4n) is 4.68. The van der Waals surface area contributed by atoms with E-state index >= 15 is 0 Å². The molecule has 4 aromatic rings. The molecule has 1 saturated carbocycles. The molecule has 0 unspecified atom stereocenters. The smallest absolute Gasteiger partial charge is 0.173 e. The van der Waals surface area contributed by atoms with Crippen molar-refractivity contribution < 1.29 is 4.39 Å². The van der Waals surface area contributed by atoms with Crippen LogP contribution in [0.5, 0.6) is 0 Å². The van der Waals surface area contributed by atoms with Crippen LogP contribution in [0.15, 0.2) is 42.9 Å². The summed E-state index contributed by atoms with van der Waals surface area (Å²) >= 11 is 0. The van der Waals surface area contributed by atoms with Crippen molar-refractivity contribution in [3.8, 4) is 11.4 Å². The summed E-state index contributed by atoms with van der Waals surface area (Å²) in [6, 6.07) is 8.27. The number of nitrogens with zero attached hydrogens (tertiary/aromatic N) is 5. The molecule has 1 aliphatic heterocycles. The van der Waals surface area contributed by atoms with E-state index in [4.69, 9.17) is 4.98 Å². The number of benzene rings is 1. The largest absolute Gasteiger partial charge is 0.368 e. The van der Waals surface area contributed by atoms with Crippen LogP contribution in [0.2, 0.25) is 0 Å². The van der Waals surface area contributed by atoms with E-state index in [1.54, 1.807) is 10.6 Å². The predicted molar refractivity (Wildman–Crippen MR) is 115 cm³/mol. The lowest BCUT2D eigenvalue weighted by Crippen LogP contribution is -2.57. The van der Waals surface area contributed by atoms with Crippen molar-refractivity contribution in [1.29, 1.82) is 0 Å². The van der Waals surface area contributed by atoms with Gasteiger partial charge in [0.05, 0.1) is 11.2 Å². The van der Waals surface area contributed by atoms with Crippen LogP contribution in [0.1, 0.15) is 25.5 Å². The molecule has 6 rings (SSSR count). The summed E-state index contributed by atoms with van der Waals surface area (Å²) in [7, 11) is 0. The van der Waals surface area contributed by atoms with Crippen LogP contribution in [-0.4, -0.2) is 44.0 Å². The van der Waals surface area contributed by atoms with Gasteiger partial charge in [-0.3, -0.25) is 0 Å². The number of imidazole rings is 1. The van der Waals surface area contributed by atoms with E-state index in [-0.39, 0.29) is 5.82 Å². The van der Waals surface area contributed by atoms with Crippen molar-refractivity contribution in [2.24, 2.45) is 0 Å². The summed E-state index contributed by atoms with van der Waals surface area (Å²) in [5, 5.41) is 4.74. The summed E-state index contributed by atoms with van der Waals surface area (Å²) < 4.78 is 16.2. The molecule has 4 heterocycles. The Bertz CT molecular complexity index is 1290. The van der Waals surface area contributed by atoms with Crippen molar-refractivity contribution in [1.82, 2.24) is 24.7 Å². The maximum atomic E-state index is 14.5. The second-order valence-corrected chi connectivity index (χ2v) is 8.83. The first-order chi connectivity index (χ1) is 14.5. The molecule has 2 fully saturated rings. The number of aryl methyl sites for hydroxylation is 1. The number of piperazine rings is 1. The van der Waals surface area contributed by atoms with Gasteiger partial charge in [-0.25, -0.2) is 19.3 Å². The first-order valence-corrected chi connectivity index (χ1v) is 10.4. The van der Waals surface area contributed by atoms with E-state index in [0.29, 0.717) is 28.6 Å². The Morgan fingerprint density at radius 3 is 2.87 bits per heavy atom. The van der Waals surface area contributed by atoms with Crippen molar-refractivity contribution >= 4 is 22.2 Å². The van der Waals surface area contributed by atoms with Gasteiger partial charge in [-0.05, 0) is 51.0 Å². The Hall–Kier alpha value is -3.06. The lowest BCUT2D eigenvalue weighted by Gasteiger charge is -2.39. The van der Waals surface area contributed by atoms with Crippen LogP contribution in [-0.2, 0) is 0 Å². The minimum atomic E-state index is -0.374. The summed E-state index contributed by atoms with van der Waals surface area (Å²) in [5.41, 5.74) is 4.10. The van der Waals surface area contributed by atoms with E-state index in [1.165, 1.54) is 24.6 Å². The highest BCUT2D eigenvalue weighted by molar-refractivity contribution is 5.83. The van der Waals surface area contributed by atoms with Crippen molar-refractivity contribution in [2.45, 2.75) is 38.3 Å². The molecular weight excluding hydrogens is 379 g/mol. The highest BCUT2D eigenvalue weighted by atomic mass is 19.1.